The van der Waals surface area contributed by atoms with Crippen molar-refractivity contribution in [1.82, 2.24) is 5.32 Å². The maximum atomic E-state index is 12.4. The summed E-state index contributed by atoms with van der Waals surface area (Å²) in [4.78, 5) is 11.9. The Balaban J connectivity index is 2.85. The van der Waals surface area contributed by atoms with Crippen LogP contribution < -0.4 is 5.32 Å². The van der Waals surface area contributed by atoms with Gasteiger partial charge >= 0.3 is 6.18 Å². The average molecular weight is 403 g/mol. The maximum Gasteiger partial charge on any atom is 0.416 e. The molecule has 106 valence electrons. The molecular weight excluding hydrogens is 391 g/mol. The fourth-order valence-corrected chi connectivity index (χ4v) is 2.47. The Morgan fingerprint density at radius 1 is 1.16 bits per heavy atom. The summed E-state index contributed by atoms with van der Waals surface area (Å²) >= 11 is 6.55. The number of carbonyl (C=O) groups excluding carboxylic acids is 1. The summed E-state index contributed by atoms with van der Waals surface area (Å²) in [5.74, 6) is -0.407. The molecule has 0 unspecified atom stereocenters. The van der Waals surface area contributed by atoms with Gasteiger partial charge in [0.25, 0.3) is 5.91 Å². The monoisotopic (exact) mass is 401 g/mol. The Hall–Kier alpha value is -0.560. The van der Waals surface area contributed by atoms with Crippen molar-refractivity contribution in [1.29, 1.82) is 0 Å². The molecule has 1 rings (SSSR count). The average Bonchev–Trinajstić information content (AvgIpc) is 2.37. The SMILES string of the molecule is CC(CBr)(CBr)NC(=O)c1ccc(C(F)(F)F)cc1. The van der Waals surface area contributed by atoms with Crippen molar-refractivity contribution in [2.24, 2.45) is 0 Å². The van der Waals surface area contributed by atoms with Crippen molar-refractivity contribution in [2.45, 2.75) is 18.6 Å². The van der Waals surface area contributed by atoms with Gasteiger partial charge < -0.3 is 5.32 Å². The molecule has 0 aliphatic carbocycles. The maximum absolute atomic E-state index is 12.4. The van der Waals surface area contributed by atoms with E-state index in [1.807, 2.05) is 6.92 Å². The topological polar surface area (TPSA) is 29.1 Å². The highest BCUT2D eigenvalue weighted by Crippen LogP contribution is 2.29. The Kier molecular flexibility index (Phi) is 5.43. The number of halogens is 5. The molecule has 19 heavy (non-hydrogen) atoms. The van der Waals surface area contributed by atoms with E-state index < -0.39 is 23.2 Å². The second kappa shape index (κ2) is 6.26. The van der Waals surface area contributed by atoms with E-state index in [0.717, 1.165) is 12.1 Å². The third kappa shape index (κ3) is 4.49. The third-order valence-corrected chi connectivity index (χ3v) is 4.95. The minimum atomic E-state index is -4.39. The van der Waals surface area contributed by atoms with E-state index in [2.05, 4.69) is 37.2 Å². The standard InChI is InChI=1S/C12H12Br2F3NO/c1-11(6-13,7-14)18-10(19)8-2-4-9(5-3-8)12(15,16)17/h2-5H,6-7H2,1H3,(H,18,19). The molecule has 0 aromatic heterocycles. The van der Waals surface area contributed by atoms with Crippen LogP contribution >= 0.6 is 31.9 Å². The van der Waals surface area contributed by atoms with Gasteiger partial charge in [0.05, 0.1) is 11.1 Å². The van der Waals surface area contributed by atoms with Gasteiger partial charge in [-0.3, -0.25) is 4.79 Å². The summed E-state index contributed by atoms with van der Waals surface area (Å²) in [5, 5.41) is 3.80. The van der Waals surface area contributed by atoms with Crippen molar-refractivity contribution in [3.05, 3.63) is 35.4 Å². The Morgan fingerprint density at radius 3 is 2.00 bits per heavy atom. The van der Waals surface area contributed by atoms with Crippen LogP contribution in [0.5, 0.6) is 0 Å². The van der Waals surface area contributed by atoms with E-state index in [0.29, 0.717) is 10.7 Å². The number of benzene rings is 1. The minimum Gasteiger partial charge on any atom is -0.345 e. The number of alkyl halides is 5. The van der Waals surface area contributed by atoms with Gasteiger partial charge in [0, 0.05) is 16.2 Å². The zero-order valence-corrected chi connectivity index (χ0v) is 13.2. The highest BCUT2D eigenvalue weighted by molar-refractivity contribution is 9.09. The third-order valence-electron chi connectivity index (χ3n) is 2.48. The molecule has 2 nitrogen and oxygen atoms in total. The molecule has 0 aliphatic rings. The van der Waals surface area contributed by atoms with Gasteiger partial charge in [-0.25, -0.2) is 0 Å². The minimum absolute atomic E-state index is 0.195. The van der Waals surface area contributed by atoms with Crippen molar-refractivity contribution >= 4 is 37.8 Å². The van der Waals surface area contributed by atoms with E-state index in [1.54, 1.807) is 0 Å². The lowest BCUT2D eigenvalue weighted by Crippen LogP contribution is -2.48. The highest BCUT2D eigenvalue weighted by atomic mass is 79.9. The molecule has 1 aromatic carbocycles. The molecule has 0 aliphatic heterocycles. The predicted molar refractivity (Wildman–Crippen MR) is 74.9 cm³/mol. The van der Waals surface area contributed by atoms with E-state index in [9.17, 15) is 18.0 Å². The van der Waals surface area contributed by atoms with Crippen LogP contribution in [0, 0.1) is 0 Å². The van der Waals surface area contributed by atoms with Crippen molar-refractivity contribution in [3.8, 4) is 0 Å². The van der Waals surface area contributed by atoms with Crippen LogP contribution in [0.25, 0.3) is 0 Å². The molecule has 0 radical (unpaired) electrons. The largest absolute Gasteiger partial charge is 0.416 e. The summed E-state index contributed by atoms with van der Waals surface area (Å²) in [6.45, 7) is 1.82. The summed E-state index contributed by atoms with van der Waals surface area (Å²) < 4.78 is 37.2. The fraction of sp³-hybridized carbons (Fsp3) is 0.417. The van der Waals surface area contributed by atoms with Gasteiger partial charge in [-0.2, -0.15) is 13.2 Å². The lowest BCUT2D eigenvalue weighted by atomic mass is 10.1. The van der Waals surface area contributed by atoms with Crippen LogP contribution in [-0.2, 0) is 6.18 Å². The molecule has 0 atom stereocenters. The molecule has 1 amide bonds. The molecule has 0 saturated heterocycles. The lowest BCUT2D eigenvalue weighted by Gasteiger charge is -2.26. The quantitative estimate of drug-likeness (QED) is 0.758. The first-order valence-corrected chi connectivity index (χ1v) is 7.58. The number of hydrogen-bond acceptors (Lipinski definition) is 1. The first kappa shape index (κ1) is 16.5. The van der Waals surface area contributed by atoms with Crippen molar-refractivity contribution in [2.75, 3.05) is 10.7 Å². The normalized spacial score (nSPS) is 12.3. The van der Waals surface area contributed by atoms with Gasteiger partial charge in [0.1, 0.15) is 0 Å². The van der Waals surface area contributed by atoms with Crippen LogP contribution in [0.2, 0.25) is 0 Å². The van der Waals surface area contributed by atoms with Crippen molar-refractivity contribution in [3.63, 3.8) is 0 Å². The van der Waals surface area contributed by atoms with E-state index in [1.165, 1.54) is 12.1 Å². The number of hydrogen-bond donors (Lipinski definition) is 1. The number of nitrogens with one attached hydrogen (secondary N) is 1. The number of amides is 1. The molecule has 0 spiro atoms. The Bertz CT molecular complexity index is 441. The zero-order chi connectivity index (χ0) is 14.7. The molecule has 0 bridgehead atoms. The van der Waals surface area contributed by atoms with Gasteiger partial charge in [-0.15, -0.1) is 0 Å². The number of rotatable bonds is 4. The molecule has 0 fully saturated rings. The zero-order valence-electron chi connectivity index (χ0n) is 10.0. The fourth-order valence-electron chi connectivity index (χ4n) is 1.26. The molecule has 7 heteroatoms. The van der Waals surface area contributed by atoms with Crippen LogP contribution in [0.1, 0.15) is 22.8 Å². The second-order valence-corrected chi connectivity index (χ2v) is 5.48. The van der Waals surface area contributed by atoms with Gasteiger partial charge in [-0.1, -0.05) is 31.9 Å². The van der Waals surface area contributed by atoms with Gasteiger partial charge in [0.2, 0.25) is 0 Å². The lowest BCUT2D eigenvalue weighted by molar-refractivity contribution is -0.137. The van der Waals surface area contributed by atoms with Crippen molar-refractivity contribution < 1.29 is 18.0 Å². The summed E-state index contributed by atoms with van der Waals surface area (Å²) in [6, 6.07) is 4.13. The first-order chi connectivity index (χ1) is 8.72. The van der Waals surface area contributed by atoms with Crippen LogP contribution in [-0.4, -0.2) is 22.1 Å². The second-order valence-electron chi connectivity index (χ2n) is 4.36. The molecule has 0 saturated carbocycles. The molecule has 1 aromatic rings. The van der Waals surface area contributed by atoms with Crippen LogP contribution in [0.3, 0.4) is 0 Å². The molecule has 0 heterocycles. The highest BCUT2D eigenvalue weighted by Gasteiger charge is 2.30. The number of carbonyl (C=O) groups is 1. The Morgan fingerprint density at radius 2 is 1.63 bits per heavy atom. The van der Waals surface area contributed by atoms with E-state index in [4.69, 9.17) is 0 Å². The first-order valence-electron chi connectivity index (χ1n) is 5.33. The van der Waals surface area contributed by atoms with Gasteiger partial charge in [-0.05, 0) is 31.2 Å². The van der Waals surface area contributed by atoms with Crippen LogP contribution in [0.15, 0.2) is 24.3 Å². The van der Waals surface area contributed by atoms with Gasteiger partial charge in [0.15, 0.2) is 0 Å². The Labute approximate surface area is 126 Å². The van der Waals surface area contributed by atoms with E-state index >= 15 is 0 Å². The summed E-state index contributed by atoms with van der Waals surface area (Å²) in [6.07, 6.45) is -4.39. The van der Waals surface area contributed by atoms with E-state index in [-0.39, 0.29) is 5.56 Å². The predicted octanol–water partition coefficient (Wildman–Crippen LogP) is 3.98. The molecule has 1 N–H and O–H groups in total. The molecular formula is C12H12Br2F3NO. The summed E-state index contributed by atoms with van der Waals surface area (Å²) in [7, 11) is 0. The smallest absolute Gasteiger partial charge is 0.345 e. The van der Waals surface area contributed by atoms with Crippen LogP contribution in [0.4, 0.5) is 13.2 Å². The summed E-state index contributed by atoms with van der Waals surface area (Å²) in [5.41, 5.74) is -1.08.